The van der Waals surface area contributed by atoms with Crippen molar-refractivity contribution in [2.75, 3.05) is 34.3 Å². The molecule has 4 rings (SSSR count). The number of amides is 3. The monoisotopic (exact) mass is 812 g/mol. The SMILES string of the molecule is CO[C@]1(C)C[C@H](O[C@H]2[C@H](C)[C@@H](O[C@@H]3O[C@H](C)C[C@H]4[C@H]3O/C(=N/C(C)C)N4C)[C@](C)(O)C[C@@H](C)CN(C)C(=O)[C@H](CC(C)C)NC(=O)CNC(=O)[C@@H]2C)O[C@@H](C)[C@@H]1O. The van der Waals surface area contributed by atoms with E-state index in [1.807, 2.05) is 60.4 Å². The van der Waals surface area contributed by atoms with Crippen LogP contribution in [-0.4, -0.2) is 157 Å². The van der Waals surface area contributed by atoms with E-state index in [4.69, 9.17) is 33.4 Å². The molecule has 0 unspecified atom stereocenters. The number of likely N-dealkylation sites (N-methyl/N-ethyl adjacent to an activating group) is 2. The molecule has 4 aliphatic heterocycles. The normalized spacial score (nSPS) is 42.6. The topological polar surface area (TPSA) is 190 Å². The molecular formula is C41H73N5O11. The first-order valence-corrected chi connectivity index (χ1v) is 20.8. The summed E-state index contributed by atoms with van der Waals surface area (Å²) in [6.45, 7) is 20.5. The highest BCUT2D eigenvalue weighted by molar-refractivity contribution is 5.90. The molecule has 0 spiro atoms. The zero-order chi connectivity index (χ0) is 42.7. The highest BCUT2D eigenvalue weighted by Crippen LogP contribution is 2.40. The van der Waals surface area contributed by atoms with Gasteiger partial charge in [0.25, 0.3) is 6.02 Å². The predicted molar refractivity (Wildman–Crippen MR) is 213 cm³/mol. The van der Waals surface area contributed by atoms with Gasteiger partial charge in [-0.2, -0.15) is 0 Å². The van der Waals surface area contributed by atoms with Gasteiger partial charge in [-0.05, 0) is 72.6 Å². The Morgan fingerprint density at radius 2 is 1.67 bits per heavy atom. The van der Waals surface area contributed by atoms with Crippen LogP contribution in [0.2, 0.25) is 0 Å². The van der Waals surface area contributed by atoms with Gasteiger partial charge in [0.15, 0.2) is 18.7 Å². The summed E-state index contributed by atoms with van der Waals surface area (Å²) in [6, 6.07) is -0.432. The number of amidine groups is 1. The van der Waals surface area contributed by atoms with Crippen molar-refractivity contribution in [3.05, 3.63) is 0 Å². The van der Waals surface area contributed by atoms with E-state index in [0.717, 1.165) is 0 Å². The second-order valence-corrected chi connectivity index (χ2v) is 18.4. The van der Waals surface area contributed by atoms with Crippen molar-refractivity contribution < 1.29 is 53.0 Å². The third-order valence-corrected chi connectivity index (χ3v) is 12.1. The lowest BCUT2D eigenvalue weighted by Gasteiger charge is -2.48. The van der Waals surface area contributed by atoms with E-state index in [0.29, 0.717) is 25.4 Å². The molecular weight excluding hydrogens is 738 g/mol. The van der Waals surface area contributed by atoms with Crippen molar-refractivity contribution in [1.82, 2.24) is 20.4 Å². The van der Waals surface area contributed by atoms with Gasteiger partial charge in [0.1, 0.15) is 12.1 Å². The van der Waals surface area contributed by atoms with Crippen LogP contribution in [0.4, 0.5) is 0 Å². The number of aliphatic hydroxyl groups is 2. The van der Waals surface area contributed by atoms with Crippen LogP contribution in [0.5, 0.6) is 0 Å². The lowest BCUT2D eigenvalue weighted by Crippen LogP contribution is -2.60. The summed E-state index contributed by atoms with van der Waals surface area (Å²) in [5.74, 6) is -2.98. The number of rotatable bonds is 8. The quantitative estimate of drug-likeness (QED) is 0.281. The summed E-state index contributed by atoms with van der Waals surface area (Å²) >= 11 is 0. The molecule has 57 heavy (non-hydrogen) atoms. The average molecular weight is 812 g/mol. The molecule has 0 radical (unpaired) electrons. The fourth-order valence-electron chi connectivity index (χ4n) is 9.07. The number of nitrogens with one attached hydrogen (secondary N) is 2. The Morgan fingerprint density at radius 1 is 1.00 bits per heavy atom. The fourth-order valence-corrected chi connectivity index (χ4v) is 9.07. The molecule has 0 bridgehead atoms. The van der Waals surface area contributed by atoms with Gasteiger partial charge in [-0.25, -0.2) is 4.99 Å². The molecule has 16 nitrogen and oxygen atoms in total. The number of aliphatic hydroxyl groups excluding tert-OH is 1. The van der Waals surface area contributed by atoms with E-state index in [9.17, 15) is 24.6 Å². The summed E-state index contributed by atoms with van der Waals surface area (Å²) in [7, 11) is 5.15. The molecule has 0 aromatic rings. The van der Waals surface area contributed by atoms with Crippen LogP contribution in [0, 0.1) is 23.7 Å². The van der Waals surface area contributed by atoms with Crippen LogP contribution < -0.4 is 10.6 Å². The number of nitrogens with zero attached hydrogens (tertiary/aromatic N) is 3. The Balaban J connectivity index is 1.79. The highest BCUT2D eigenvalue weighted by atomic mass is 16.7. The zero-order valence-corrected chi connectivity index (χ0v) is 36.8. The summed E-state index contributed by atoms with van der Waals surface area (Å²) in [6.07, 6.45) is -4.81. The molecule has 4 saturated heterocycles. The number of methoxy groups -OCH3 is 1. The zero-order valence-electron chi connectivity index (χ0n) is 36.8. The summed E-state index contributed by atoms with van der Waals surface area (Å²) in [4.78, 5) is 49.4. The van der Waals surface area contributed by atoms with Crippen LogP contribution in [0.1, 0.15) is 102 Å². The standard InChI is InChI=1S/C41H73N5O11/c1-21(2)15-28-37(50)45(12)20-23(5)17-40(10,51)35(57-38-33-29(16-24(6)53-38)46(13)39(56-33)43-22(3)4)25(7)32(26(8)36(49)42-19-30(47)44-28)55-31-18-41(11,52-14)34(48)27(9)54-31/h21-29,31-35,38,48,51H,15-20H2,1-14H3,(H,42,49)(H,44,47)/b43-39+/t23-,24-,25+,26-,27+,28+,29+,31+,32+,33-,34+,35-,38+,40-,41-/m1/s1. The first-order valence-electron chi connectivity index (χ1n) is 20.8. The number of carbonyl (C=O) groups is 3. The molecule has 16 heteroatoms. The number of fused-ring (bicyclic) bond motifs is 1. The highest BCUT2D eigenvalue weighted by Gasteiger charge is 2.54. The first-order chi connectivity index (χ1) is 26.5. The van der Waals surface area contributed by atoms with Gasteiger partial charge in [-0.3, -0.25) is 14.4 Å². The molecule has 328 valence electrons. The van der Waals surface area contributed by atoms with Crippen LogP contribution in [0.15, 0.2) is 4.99 Å². The van der Waals surface area contributed by atoms with E-state index in [1.165, 1.54) is 7.11 Å². The van der Waals surface area contributed by atoms with Crippen LogP contribution in [-0.2, 0) is 42.8 Å². The molecule has 4 N–H and O–H groups in total. The summed E-state index contributed by atoms with van der Waals surface area (Å²) in [5, 5.41) is 29.3. The average Bonchev–Trinajstić information content (AvgIpc) is 3.41. The van der Waals surface area contributed by atoms with Gasteiger partial charge >= 0.3 is 0 Å². The molecule has 15 atom stereocenters. The third-order valence-electron chi connectivity index (χ3n) is 12.1. The van der Waals surface area contributed by atoms with Gasteiger partial charge in [0, 0.05) is 46.1 Å². The number of hydrogen-bond acceptors (Lipinski definition) is 12. The van der Waals surface area contributed by atoms with Gasteiger partial charge in [-0.15, -0.1) is 0 Å². The van der Waals surface area contributed by atoms with E-state index >= 15 is 0 Å². The van der Waals surface area contributed by atoms with Gasteiger partial charge < -0.3 is 59.1 Å². The molecule has 0 aliphatic carbocycles. The van der Waals surface area contributed by atoms with Gasteiger partial charge in [-0.1, -0.05) is 34.6 Å². The molecule has 4 aliphatic rings. The Bertz CT molecular complexity index is 1410. The predicted octanol–water partition coefficient (Wildman–Crippen LogP) is 2.42. The number of ether oxygens (including phenoxy) is 6. The van der Waals surface area contributed by atoms with Gasteiger partial charge in [0.2, 0.25) is 17.7 Å². The molecule has 4 fully saturated rings. The van der Waals surface area contributed by atoms with Crippen molar-refractivity contribution >= 4 is 23.7 Å². The van der Waals surface area contributed by atoms with Crippen LogP contribution >= 0.6 is 0 Å². The Hall–Kier alpha value is -2.60. The van der Waals surface area contributed by atoms with E-state index in [2.05, 4.69) is 10.6 Å². The Morgan fingerprint density at radius 3 is 2.28 bits per heavy atom. The van der Waals surface area contributed by atoms with Crippen LogP contribution in [0.25, 0.3) is 0 Å². The summed E-state index contributed by atoms with van der Waals surface area (Å²) in [5.41, 5.74) is -2.58. The van der Waals surface area contributed by atoms with Crippen molar-refractivity contribution in [2.24, 2.45) is 28.7 Å². The largest absolute Gasteiger partial charge is 0.454 e. The van der Waals surface area contributed by atoms with E-state index in [1.54, 1.807) is 39.6 Å². The fraction of sp³-hybridized carbons (Fsp3) is 0.902. The van der Waals surface area contributed by atoms with Gasteiger partial charge in [0.05, 0.1) is 54.1 Å². The Kier molecular flexibility index (Phi) is 15.9. The minimum atomic E-state index is -1.57. The smallest absolute Gasteiger partial charge is 0.288 e. The van der Waals surface area contributed by atoms with Crippen molar-refractivity contribution in [3.63, 3.8) is 0 Å². The third kappa shape index (κ3) is 11.4. The van der Waals surface area contributed by atoms with E-state index < -0.39 is 84.0 Å². The number of hydrogen-bond donors (Lipinski definition) is 4. The van der Waals surface area contributed by atoms with Crippen molar-refractivity contribution in [2.45, 2.75) is 180 Å². The number of aliphatic imine (C=N–C) groups is 1. The second kappa shape index (κ2) is 19.2. The maximum absolute atomic E-state index is 14.1. The number of carbonyl (C=O) groups excluding carboxylic acids is 3. The maximum atomic E-state index is 14.1. The lowest BCUT2D eigenvalue weighted by atomic mass is 9.77. The van der Waals surface area contributed by atoms with Crippen LogP contribution in [0.3, 0.4) is 0 Å². The summed E-state index contributed by atoms with van der Waals surface area (Å²) < 4.78 is 38.6. The molecule has 0 saturated carbocycles. The minimum Gasteiger partial charge on any atom is -0.454 e. The molecule has 0 aromatic heterocycles. The van der Waals surface area contributed by atoms with E-state index in [-0.39, 0.29) is 55.3 Å². The molecule has 3 amide bonds. The molecule has 4 heterocycles. The van der Waals surface area contributed by atoms with Crippen molar-refractivity contribution in [3.8, 4) is 0 Å². The second-order valence-electron chi connectivity index (χ2n) is 18.4. The first kappa shape index (κ1) is 47.1. The molecule has 0 aromatic carbocycles. The van der Waals surface area contributed by atoms with Crippen molar-refractivity contribution in [1.29, 1.82) is 0 Å². The maximum Gasteiger partial charge on any atom is 0.288 e. The lowest BCUT2D eigenvalue weighted by molar-refractivity contribution is -0.313. The minimum absolute atomic E-state index is 0.0104. The Labute approximate surface area is 340 Å².